The van der Waals surface area contributed by atoms with Crippen LogP contribution in [0.4, 0.5) is 5.69 Å². The summed E-state index contributed by atoms with van der Waals surface area (Å²) in [5.74, 6) is 0. The van der Waals surface area contributed by atoms with E-state index < -0.39 is 19.7 Å². The highest BCUT2D eigenvalue weighted by atomic mass is 32.2. The van der Waals surface area contributed by atoms with Crippen LogP contribution >= 0.6 is 0 Å². The second kappa shape index (κ2) is 7.72. The van der Waals surface area contributed by atoms with Crippen molar-refractivity contribution in [3.63, 3.8) is 0 Å². The Kier molecular flexibility index (Phi) is 6.34. The van der Waals surface area contributed by atoms with E-state index in [9.17, 15) is 16.8 Å². The normalized spacial score (nSPS) is 22.3. The molecule has 0 aromatic heterocycles. The second-order valence-electron chi connectivity index (χ2n) is 7.42. The van der Waals surface area contributed by atoms with Gasteiger partial charge in [0.05, 0.1) is 21.6 Å². The molecule has 0 aliphatic heterocycles. The zero-order valence-corrected chi connectivity index (χ0v) is 18.7. The largest absolute Gasteiger partial charge is 0.378 e. The van der Waals surface area contributed by atoms with E-state index in [1.54, 1.807) is 6.07 Å². The van der Waals surface area contributed by atoms with E-state index in [0.29, 0.717) is 12.3 Å². The molecule has 0 heterocycles. The van der Waals surface area contributed by atoms with Crippen LogP contribution in [0.3, 0.4) is 0 Å². The maximum absolute atomic E-state index is 12.4. The van der Waals surface area contributed by atoms with E-state index in [2.05, 4.69) is 13.8 Å². The molecule has 0 unspecified atom stereocenters. The van der Waals surface area contributed by atoms with E-state index in [0.717, 1.165) is 31.8 Å². The van der Waals surface area contributed by atoms with E-state index in [-0.39, 0.29) is 27.4 Å². The fraction of sp³-hybridized carbons (Fsp3) is 0.684. The number of benzene rings is 1. The van der Waals surface area contributed by atoms with Crippen LogP contribution in [0.1, 0.15) is 40.0 Å². The molecule has 0 bridgehead atoms. The van der Waals surface area contributed by atoms with Gasteiger partial charge in [0.15, 0.2) is 19.7 Å². The maximum atomic E-state index is 12.4. The van der Waals surface area contributed by atoms with Crippen LogP contribution in [0.5, 0.6) is 0 Å². The highest BCUT2D eigenvalue weighted by molar-refractivity contribution is 7.91. The first-order valence-electron chi connectivity index (χ1n) is 9.31. The molecule has 1 aliphatic rings. The van der Waals surface area contributed by atoms with Crippen LogP contribution in [-0.4, -0.2) is 55.1 Å². The highest BCUT2D eigenvalue weighted by Crippen LogP contribution is 2.52. The first kappa shape index (κ1) is 22.2. The summed E-state index contributed by atoms with van der Waals surface area (Å²) >= 11 is 0. The number of hydrogen-bond acceptors (Lipinski definition) is 6. The lowest BCUT2D eigenvalue weighted by Gasteiger charge is -2.58. The lowest BCUT2D eigenvalue weighted by atomic mass is 9.58. The van der Waals surface area contributed by atoms with Crippen molar-refractivity contribution in [2.45, 2.75) is 62.0 Å². The summed E-state index contributed by atoms with van der Waals surface area (Å²) in [6.07, 6.45) is 5.03. The Labute approximate surface area is 163 Å². The molecule has 1 aromatic rings. The first-order valence-corrected chi connectivity index (χ1v) is 13.1. The van der Waals surface area contributed by atoms with Gasteiger partial charge in [-0.1, -0.05) is 13.8 Å². The minimum atomic E-state index is -3.59. The summed E-state index contributed by atoms with van der Waals surface area (Å²) in [4.78, 5) is 2.05. The van der Waals surface area contributed by atoms with Crippen LogP contribution in [0.25, 0.3) is 0 Å². The Hall–Kier alpha value is -1.12. The fourth-order valence-corrected chi connectivity index (χ4v) is 6.02. The summed E-state index contributed by atoms with van der Waals surface area (Å²) in [5.41, 5.74) is 0.491. The van der Waals surface area contributed by atoms with Crippen LogP contribution in [0, 0.1) is 5.41 Å². The number of ether oxygens (including phenoxy) is 1. The van der Waals surface area contributed by atoms with Gasteiger partial charge in [0, 0.05) is 37.6 Å². The number of nitrogens with zero attached hydrogens (tertiary/aromatic N) is 1. The maximum Gasteiger partial charge on any atom is 0.177 e. The average Bonchev–Trinajstić information content (AvgIpc) is 2.57. The molecule has 0 radical (unpaired) electrons. The summed E-state index contributed by atoms with van der Waals surface area (Å²) in [5, 5.41) is 0. The van der Waals surface area contributed by atoms with Gasteiger partial charge in [0.1, 0.15) is 0 Å². The van der Waals surface area contributed by atoms with E-state index in [4.69, 9.17) is 4.74 Å². The Bertz CT molecular complexity index is 889. The van der Waals surface area contributed by atoms with Gasteiger partial charge in [-0.2, -0.15) is 0 Å². The molecule has 1 aliphatic carbocycles. The molecule has 1 saturated carbocycles. The molecule has 2 rings (SSSR count). The number of anilines is 1. The predicted octanol–water partition coefficient (Wildman–Crippen LogP) is 2.91. The van der Waals surface area contributed by atoms with Gasteiger partial charge < -0.3 is 9.64 Å². The van der Waals surface area contributed by atoms with Crippen molar-refractivity contribution in [1.82, 2.24) is 0 Å². The molecule has 0 saturated heterocycles. The van der Waals surface area contributed by atoms with E-state index in [1.807, 2.05) is 18.9 Å². The van der Waals surface area contributed by atoms with Crippen molar-refractivity contribution in [3.8, 4) is 0 Å². The van der Waals surface area contributed by atoms with Gasteiger partial charge in [0.2, 0.25) is 0 Å². The van der Waals surface area contributed by atoms with Crippen LogP contribution < -0.4 is 4.90 Å². The van der Waals surface area contributed by atoms with Crippen molar-refractivity contribution < 1.29 is 21.6 Å². The lowest BCUT2D eigenvalue weighted by Crippen LogP contribution is -2.64. The molecule has 0 spiro atoms. The highest BCUT2D eigenvalue weighted by Gasteiger charge is 2.55. The zero-order chi connectivity index (χ0) is 20.6. The number of rotatable bonds is 8. The third-order valence-corrected chi connectivity index (χ3v) is 8.27. The third-order valence-electron chi connectivity index (χ3n) is 6.03. The monoisotopic (exact) mass is 417 g/mol. The standard InChI is InChI=1S/C19H31NO5S2/c1-7-19(8-2)17(13-18(19)25-9-3)20(4)15-11-10-14(26(5,21)22)12-16(15)27(6,23)24/h10-12,17-18H,7-9,13H2,1-6H3/t17-,18+/m0/s1. The molecule has 27 heavy (non-hydrogen) atoms. The predicted molar refractivity (Wildman–Crippen MR) is 108 cm³/mol. The minimum Gasteiger partial charge on any atom is -0.378 e. The van der Waals surface area contributed by atoms with Gasteiger partial charge in [0.25, 0.3) is 0 Å². The van der Waals surface area contributed by atoms with Crippen molar-refractivity contribution in [1.29, 1.82) is 0 Å². The van der Waals surface area contributed by atoms with Crippen molar-refractivity contribution in [3.05, 3.63) is 18.2 Å². The van der Waals surface area contributed by atoms with Gasteiger partial charge in [-0.3, -0.25) is 0 Å². The van der Waals surface area contributed by atoms with E-state index >= 15 is 0 Å². The molecular formula is C19H31NO5S2. The van der Waals surface area contributed by atoms with Gasteiger partial charge >= 0.3 is 0 Å². The van der Waals surface area contributed by atoms with Crippen LogP contribution in [0.2, 0.25) is 0 Å². The van der Waals surface area contributed by atoms with Crippen molar-refractivity contribution in [2.24, 2.45) is 5.41 Å². The Morgan fingerprint density at radius 1 is 1.07 bits per heavy atom. The second-order valence-corrected chi connectivity index (χ2v) is 11.4. The average molecular weight is 418 g/mol. The van der Waals surface area contributed by atoms with Crippen molar-refractivity contribution in [2.75, 3.05) is 31.1 Å². The molecule has 154 valence electrons. The Balaban J connectivity index is 2.52. The molecule has 0 N–H and O–H groups in total. The topological polar surface area (TPSA) is 80.8 Å². The third kappa shape index (κ3) is 4.03. The molecule has 0 amide bonds. The molecule has 1 aromatic carbocycles. The smallest absolute Gasteiger partial charge is 0.177 e. The Morgan fingerprint density at radius 3 is 2.11 bits per heavy atom. The Morgan fingerprint density at radius 2 is 1.67 bits per heavy atom. The van der Waals surface area contributed by atoms with Crippen LogP contribution in [0.15, 0.2) is 28.0 Å². The fourth-order valence-electron chi connectivity index (χ4n) is 4.36. The minimum absolute atomic E-state index is 0.0122. The van der Waals surface area contributed by atoms with Crippen LogP contribution in [-0.2, 0) is 24.4 Å². The van der Waals surface area contributed by atoms with Gasteiger partial charge in [-0.25, -0.2) is 16.8 Å². The SMILES string of the molecule is CCO[C@@H]1C[C@H](N(C)c2ccc(S(C)(=O)=O)cc2S(C)(=O)=O)C1(CC)CC. The lowest BCUT2D eigenvalue weighted by molar-refractivity contribution is -0.128. The molecule has 6 nitrogen and oxygen atoms in total. The summed E-state index contributed by atoms with van der Waals surface area (Å²) < 4.78 is 54.5. The van der Waals surface area contributed by atoms with Gasteiger partial charge in [-0.15, -0.1) is 0 Å². The summed E-state index contributed by atoms with van der Waals surface area (Å²) in [6.45, 7) is 6.92. The summed E-state index contributed by atoms with van der Waals surface area (Å²) in [6, 6.07) is 4.49. The quantitative estimate of drug-likeness (QED) is 0.647. The zero-order valence-electron chi connectivity index (χ0n) is 17.0. The van der Waals surface area contributed by atoms with Crippen molar-refractivity contribution >= 4 is 25.4 Å². The molecule has 2 atom stereocenters. The molecule has 8 heteroatoms. The molecular weight excluding hydrogens is 386 g/mol. The molecule has 1 fully saturated rings. The van der Waals surface area contributed by atoms with Gasteiger partial charge in [-0.05, 0) is 44.4 Å². The first-order chi connectivity index (χ1) is 12.4. The summed E-state index contributed by atoms with van der Waals surface area (Å²) in [7, 11) is -5.20. The van der Waals surface area contributed by atoms with E-state index in [1.165, 1.54) is 12.1 Å². The number of hydrogen-bond donors (Lipinski definition) is 0. The number of sulfone groups is 2.